The third-order valence-electron chi connectivity index (χ3n) is 3.51. The van der Waals surface area contributed by atoms with Crippen LogP contribution in [0.2, 0.25) is 5.02 Å². The molecule has 0 radical (unpaired) electrons. The van der Waals surface area contributed by atoms with E-state index in [1.54, 1.807) is 0 Å². The van der Waals surface area contributed by atoms with Crippen LogP contribution in [0.5, 0.6) is 0 Å². The lowest BCUT2D eigenvalue weighted by atomic mass is 9.79. The van der Waals surface area contributed by atoms with Crippen LogP contribution in [0.25, 0.3) is 0 Å². The Morgan fingerprint density at radius 1 is 1.27 bits per heavy atom. The minimum Gasteiger partial charge on any atom is -0.0840 e. The smallest absolute Gasteiger partial charge is 0.0438 e. The quantitative estimate of drug-likeness (QED) is 0.680. The van der Waals surface area contributed by atoms with Crippen molar-refractivity contribution in [1.29, 1.82) is 0 Å². The van der Waals surface area contributed by atoms with Crippen LogP contribution in [0.15, 0.2) is 24.3 Å². The number of hydrogen-bond acceptors (Lipinski definition) is 0. The van der Waals surface area contributed by atoms with Gasteiger partial charge >= 0.3 is 0 Å². The Bertz CT molecular complexity index is 319. The molecule has 0 nitrogen and oxygen atoms in total. The lowest BCUT2D eigenvalue weighted by Gasteiger charge is -2.26. The lowest BCUT2D eigenvalue weighted by molar-refractivity contribution is 0.281. The van der Waals surface area contributed by atoms with Crippen LogP contribution in [-0.4, -0.2) is 0 Å². The molecule has 1 aromatic rings. The minimum atomic E-state index is 0.855. The van der Waals surface area contributed by atoms with Crippen molar-refractivity contribution in [3.05, 3.63) is 34.9 Å². The van der Waals surface area contributed by atoms with Gasteiger partial charge in [0.25, 0.3) is 0 Å². The molecule has 0 unspecified atom stereocenters. The summed E-state index contributed by atoms with van der Waals surface area (Å²) in [5.74, 6) is 1.76. The van der Waals surface area contributed by atoms with E-state index in [0.717, 1.165) is 16.9 Å². The van der Waals surface area contributed by atoms with Gasteiger partial charge in [0.1, 0.15) is 0 Å². The van der Waals surface area contributed by atoms with Crippen molar-refractivity contribution >= 4 is 11.6 Å². The van der Waals surface area contributed by atoms with Gasteiger partial charge in [0.2, 0.25) is 0 Å². The van der Waals surface area contributed by atoms with E-state index < -0.39 is 0 Å². The molecule has 2 atom stereocenters. The number of rotatable bonds is 2. The Morgan fingerprint density at radius 3 is 2.80 bits per heavy atom. The van der Waals surface area contributed by atoms with Crippen molar-refractivity contribution in [1.82, 2.24) is 0 Å². The molecule has 0 saturated heterocycles. The number of halogens is 1. The maximum Gasteiger partial charge on any atom is 0.0438 e. The van der Waals surface area contributed by atoms with Gasteiger partial charge in [-0.1, -0.05) is 56.0 Å². The Kier molecular flexibility index (Phi) is 3.69. The Labute approximate surface area is 97.6 Å². The van der Waals surface area contributed by atoms with Crippen LogP contribution in [-0.2, 0) is 6.42 Å². The molecule has 0 N–H and O–H groups in total. The fourth-order valence-corrected chi connectivity index (χ4v) is 2.93. The molecule has 0 bridgehead atoms. The first-order valence-corrected chi connectivity index (χ1v) is 6.37. The van der Waals surface area contributed by atoms with Crippen LogP contribution in [0.3, 0.4) is 0 Å². The second-order valence-electron chi connectivity index (χ2n) is 4.93. The van der Waals surface area contributed by atoms with Gasteiger partial charge in [-0.3, -0.25) is 0 Å². The highest BCUT2D eigenvalue weighted by Crippen LogP contribution is 2.32. The molecule has 0 spiro atoms. The Morgan fingerprint density at radius 2 is 2.07 bits per heavy atom. The topological polar surface area (TPSA) is 0 Å². The molecule has 0 aliphatic heterocycles. The summed E-state index contributed by atoms with van der Waals surface area (Å²) in [6, 6.07) is 8.27. The SMILES string of the molecule is C[C@@H]1CCC[C@H](Cc2ccccc2Cl)C1. The largest absolute Gasteiger partial charge is 0.0840 e. The van der Waals surface area contributed by atoms with Gasteiger partial charge in [-0.15, -0.1) is 0 Å². The van der Waals surface area contributed by atoms with Gasteiger partial charge in [-0.2, -0.15) is 0 Å². The van der Waals surface area contributed by atoms with Gasteiger partial charge in [-0.25, -0.2) is 0 Å². The normalized spacial score (nSPS) is 26.5. The molecular formula is C14H19Cl. The molecule has 1 fully saturated rings. The van der Waals surface area contributed by atoms with Crippen molar-refractivity contribution in [3.63, 3.8) is 0 Å². The van der Waals surface area contributed by atoms with E-state index in [0.29, 0.717) is 0 Å². The highest BCUT2D eigenvalue weighted by molar-refractivity contribution is 6.31. The second-order valence-corrected chi connectivity index (χ2v) is 5.34. The van der Waals surface area contributed by atoms with Gasteiger partial charge in [-0.05, 0) is 36.3 Å². The summed E-state index contributed by atoms with van der Waals surface area (Å²) in [5.41, 5.74) is 1.33. The predicted molar refractivity (Wildman–Crippen MR) is 66.3 cm³/mol. The number of hydrogen-bond donors (Lipinski definition) is 0. The Balaban J connectivity index is 1.99. The standard InChI is InChI=1S/C14H19Cl/c1-11-5-4-6-12(9-11)10-13-7-2-3-8-14(13)15/h2-3,7-8,11-12H,4-6,9-10H2,1H3/t11-,12+/m1/s1. The molecular weight excluding hydrogens is 204 g/mol. The highest BCUT2D eigenvalue weighted by atomic mass is 35.5. The van der Waals surface area contributed by atoms with Crippen molar-refractivity contribution < 1.29 is 0 Å². The van der Waals surface area contributed by atoms with Crippen LogP contribution >= 0.6 is 11.6 Å². The molecule has 1 aliphatic rings. The summed E-state index contributed by atoms with van der Waals surface area (Å²) >= 11 is 6.18. The zero-order valence-electron chi connectivity index (χ0n) is 9.38. The van der Waals surface area contributed by atoms with E-state index in [1.165, 1.54) is 37.7 Å². The molecule has 0 heterocycles. The van der Waals surface area contributed by atoms with Crippen molar-refractivity contribution in [2.75, 3.05) is 0 Å². The van der Waals surface area contributed by atoms with E-state index in [9.17, 15) is 0 Å². The molecule has 2 rings (SSSR count). The lowest BCUT2D eigenvalue weighted by Crippen LogP contribution is -2.15. The van der Waals surface area contributed by atoms with Crippen LogP contribution in [0.1, 0.15) is 38.2 Å². The monoisotopic (exact) mass is 222 g/mol. The maximum atomic E-state index is 6.18. The fourth-order valence-electron chi connectivity index (χ4n) is 2.72. The first-order valence-electron chi connectivity index (χ1n) is 5.99. The summed E-state index contributed by atoms with van der Waals surface area (Å²) in [6.45, 7) is 2.37. The average Bonchev–Trinajstić information content (AvgIpc) is 2.22. The molecule has 1 heteroatoms. The van der Waals surface area contributed by atoms with Gasteiger partial charge in [0.15, 0.2) is 0 Å². The van der Waals surface area contributed by atoms with Crippen molar-refractivity contribution in [2.24, 2.45) is 11.8 Å². The summed E-state index contributed by atoms with van der Waals surface area (Å²) in [6.07, 6.45) is 6.75. The maximum absolute atomic E-state index is 6.18. The fraction of sp³-hybridized carbons (Fsp3) is 0.571. The first-order chi connectivity index (χ1) is 7.25. The molecule has 0 amide bonds. The molecule has 1 saturated carbocycles. The van der Waals surface area contributed by atoms with Crippen LogP contribution in [0, 0.1) is 11.8 Å². The van der Waals surface area contributed by atoms with E-state index in [1.807, 2.05) is 12.1 Å². The Hall–Kier alpha value is -0.490. The van der Waals surface area contributed by atoms with Gasteiger partial charge in [0, 0.05) is 5.02 Å². The van der Waals surface area contributed by atoms with Crippen LogP contribution < -0.4 is 0 Å². The van der Waals surface area contributed by atoms with Crippen molar-refractivity contribution in [3.8, 4) is 0 Å². The van der Waals surface area contributed by atoms with E-state index in [-0.39, 0.29) is 0 Å². The van der Waals surface area contributed by atoms with E-state index >= 15 is 0 Å². The molecule has 1 aromatic carbocycles. The third kappa shape index (κ3) is 2.98. The van der Waals surface area contributed by atoms with Crippen molar-refractivity contribution in [2.45, 2.75) is 39.0 Å². The zero-order valence-corrected chi connectivity index (χ0v) is 10.1. The predicted octanol–water partition coefficient (Wildman–Crippen LogP) is 4.71. The van der Waals surface area contributed by atoms with E-state index in [4.69, 9.17) is 11.6 Å². The molecule has 82 valence electrons. The molecule has 1 aliphatic carbocycles. The summed E-state index contributed by atoms with van der Waals surface area (Å²) in [7, 11) is 0. The average molecular weight is 223 g/mol. The first kappa shape index (κ1) is 11.0. The molecule has 15 heavy (non-hydrogen) atoms. The zero-order chi connectivity index (χ0) is 10.7. The number of benzene rings is 1. The summed E-state index contributed by atoms with van der Waals surface area (Å²) in [4.78, 5) is 0. The van der Waals surface area contributed by atoms with E-state index in [2.05, 4.69) is 19.1 Å². The molecule has 0 aromatic heterocycles. The second kappa shape index (κ2) is 5.03. The van der Waals surface area contributed by atoms with Crippen LogP contribution in [0.4, 0.5) is 0 Å². The summed E-state index contributed by atoms with van der Waals surface area (Å²) < 4.78 is 0. The minimum absolute atomic E-state index is 0.855. The van der Waals surface area contributed by atoms with Gasteiger partial charge in [0.05, 0.1) is 0 Å². The summed E-state index contributed by atoms with van der Waals surface area (Å²) in [5, 5.41) is 0.940. The van der Waals surface area contributed by atoms with Gasteiger partial charge < -0.3 is 0 Å². The highest BCUT2D eigenvalue weighted by Gasteiger charge is 2.19. The third-order valence-corrected chi connectivity index (χ3v) is 3.88.